The molecule has 0 atom stereocenters. The molecule has 2 nitrogen and oxygen atoms in total. The average molecular weight is 468 g/mol. The summed E-state index contributed by atoms with van der Waals surface area (Å²) in [5.41, 5.74) is 0. The zero-order valence-corrected chi connectivity index (χ0v) is 17.0. The molecule has 0 aliphatic heterocycles. The van der Waals surface area contributed by atoms with Gasteiger partial charge in [0.25, 0.3) is 0 Å². The first-order valence-corrected chi connectivity index (χ1v) is 8.99. The number of rotatable bonds is 16. The first-order chi connectivity index (χ1) is 9.77. The van der Waals surface area contributed by atoms with E-state index in [0.29, 0.717) is 6.42 Å². The quantitative estimate of drug-likeness (QED) is 0.269. The van der Waals surface area contributed by atoms with Crippen LogP contribution in [0.25, 0.3) is 0 Å². The van der Waals surface area contributed by atoms with Gasteiger partial charge in [-0.25, -0.2) is 0 Å². The minimum absolute atomic E-state index is 0. The summed E-state index contributed by atoms with van der Waals surface area (Å²) >= 11 is 0. The van der Waals surface area contributed by atoms with Crippen molar-refractivity contribution < 1.29 is 31.0 Å². The number of unbranched alkanes of at least 4 members (excludes halogenated alkanes) is 14. The predicted molar refractivity (Wildman–Crippen MR) is 87.2 cm³/mol. The van der Waals surface area contributed by atoms with Crippen molar-refractivity contribution in [2.75, 3.05) is 0 Å². The van der Waals surface area contributed by atoms with Crippen molar-refractivity contribution in [1.29, 1.82) is 0 Å². The summed E-state index contributed by atoms with van der Waals surface area (Å²) in [5.74, 6) is -0.653. The number of carbonyl (C=O) groups is 1. The molecular weight excluding hydrogens is 432 g/mol. The van der Waals surface area contributed by atoms with E-state index in [1.54, 1.807) is 0 Å². The van der Waals surface area contributed by atoms with Crippen molar-refractivity contribution in [2.45, 2.75) is 110 Å². The molecule has 0 aliphatic rings. The van der Waals surface area contributed by atoms with Gasteiger partial charge in [-0.2, -0.15) is 0 Å². The van der Waals surface area contributed by atoms with E-state index in [2.05, 4.69) is 6.92 Å². The second kappa shape index (κ2) is 20.2. The molecule has 0 heterocycles. The Morgan fingerprint density at radius 1 is 0.619 bits per heavy atom. The monoisotopic (exact) mass is 468 g/mol. The Hall–Kier alpha value is 0.158. The van der Waals surface area contributed by atoms with E-state index >= 15 is 0 Å². The Balaban J connectivity index is 0. The summed E-state index contributed by atoms with van der Waals surface area (Å²) in [4.78, 5) is 10.3. The van der Waals surface area contributed by atoms with Crippen LogP contribution in [0.3, 0.4) is 0 Å². The molecule has 0 aromatic carbocycles. The van der Waals surface area contributed by atoms with E-state index in [4.69, 9.17) is 5.11 Å². The first-order valence-electron chi connectivity index (χ1n) is 8.99. The molecule has 0 unspecified atom stereocenters. The SMILES string of the molecule is CCCCCCCCCCCCCCCCCC(=O)O.[W]. The molecule has 1 N–H and O–H groups in total. The van der Waals surface area contributed by atoms with Crippen LogP contribution < -0.4 is 0 Å². The Morgan fingerprint density at radius 2 is 0.905 bits per heavy atom. The minimum Gasteiger partial charge on any atom is -0.481 e. The van der Waals surface area contributed by atoms with E-state index in [9.17, 15) is 4.79 Å². The second-order valence-electron chi connectivity index (χ2n) is 6.09. The van der Waals surface area contributed by atoms with E-state index in [1.165, 1.54) is 83.5 Å². The molecular formula is C18H36O2W. The zero-order chi connectivity index (χ0) is 14.9. The molecule has 126 valence electrons. The van der Waals surface area contributed by atoms with Crippen molar-refractivity contribution in [2.24, 2.45) is 0 Å². The van der Waals surface area contributed by atoms with Crippen LogP contribution in [0.5, 0.6) is 0 Å². The fourth-order valence-electron chi connectivity index (χ4n) is 2.65. The third-order valence-corrected chi connectivity index (χ3v) is 3.99. The van der Waals surface area contributed by atoms with Gasteiger partial charge < -0.3 is 5.11 Å². The molecule has 0 radical (unpaired) electrons. The summed E-state index contributed by atoms with van der Waals surface area (Å²) in [6.07, 6.45) is 20.2. The van der Waals surface area contributed by atoms with Gasteiger partial charge >= 0.3 is 5.97 Å². The Labute approximate surface area is 146 Å². The van der Waals surface area contributed by atoms with Crippen LogP contribution in [0.15, 0.2) is 0 Å². The van der Waals surface area contributed by atoms with Gasteiger partial charge in [-0.05, 0) is 6.42 Å². The number of carboxylic acids is 1. The normalized spacial score (nSPS) is 10.3. The molecule has 0 saturated heterocycles. The van der Waals surface area contributed by atoms with E-state index in [-0.39, 0.29) is 21.1 Å². The number of aliphatic carboxylic acids is 1. The van der Waals surface area contributed by atoms with Crippen molar-refractivity contribution in [3.8, 4) is 0 Å². The maximum atomic E-state index is 10.3. The van der Waals surface area contributed by atoms with Gasteiger partial charge in [-0.15, -0.1) is 0 Å². The largest absolute Gasteiger partial charge is 0.481 e. The van der Waals surface area contributed by atoms with E-state index < -0.39 is 5.97 Å². The molecule has 0 aromatic heterocycles. The van der Waals surface area contributed by atoms with E-state index in [0.717, 1.165) is 12.8 Å². The van der Waals surface area contributed by atoms with Crippen molar-refractivity contribution in [3.05, 3.63) is 0 Å². The average Bonchev–Trinajstić information content (AvgIpc) is 2.43. The van der Waals surface area contributed by atoms with E-state index in [1.807, 2.05) is 0 Å². The fraction of sp³-hybridized carbons (Fsp3) is 0.944. The third-order valence-electron chi connectivity index (χ3n) is 3.99. The topological polar surface area (TPSA) is 37.3 Å². The van der Waals surface area contributed by atoms with Crippen LogP contribution in [-0.2, 0) is 25.9 Å². The van der Waals surface area contributed by atoms with Crippen LogP contribution in [0.1, 0.15) is 110 Å². The molecule has 0 spiro atoms. The van der Waals surface area contributed by atoms with Gasteiger partial charge in [0.15, 0.2) is 0 Å². The minimum atomic E-state index is -0.653. The summed E-state index contributed by atoms with van der Waals surface area (Å²) in [6, 6.07) is 0. The molecule has 21 heavy (non-hydrogen) atoms. The van der Waals surface area contributed by atoms with Crippen LogP contribution in [-0.4, -0.2) is 11.1 Å². The van der Waals surface area contributed by atoms with Crippen molar-refractivity contribution >= 4 is 5.97 Å². The van der Waals surface area contributed by atoms with Gasteiger partial charge in [-0.1, -0.05) is 96.8 Å². The molecule has 3 heteroatoms. The smallest absolute Gasteiger partial charge is 0.303 e. The van der Waals surface area contributed by atoms with Gasteiger partial charge in [-0.3, -0.25) is 4.79 Å². The number of hydrogen-bond donors (Lipinski definition) is 1. The molecule has 0 aliphatic carbocycles. The van der Waals surface area contributed by atoms with Gasteiger partial charge in [0.1, 0.15) is 0 Å². The first kappa shape index (κ1) is 23.4. The maximum Gasteiger partial charge on any atom is 0.303 e. The molecule has 0 saturated carbocycles. The van der Waals surface area contributed by atoms with Crippen LogP contribution in [0.2, 0.25) is 0 Å². The standard InChI is InChI=1S/C18H36O2.W/c1-2-3-4-5-6-7-8-9-10-11-12-13-14-15-16-17-18(19)20;/h2-17H2,1H3,(H,19,20);. The summed E-state index contributed by atoms with van der Waals surface area (Å²) in [5, 5.41) is 8.52. The maximum absolute atomic E-state index is 10.3. The van der Waals surface area contributed by atoms with Crippen molar-refractivity contribution in [1.82, 2.24) is 0 Å². The fourth-order valence-corrected chi connectivity index (χ4v) is 2.65. The zero-order valence-electron chi connectivity index (χ0n) is 14.1. The third kappa shape index (κ3) is 22.6. The number of carboxylic acid groups (broad SMARTS) is 1. The Kier molecular flexibility index (Phi) is 22.5. The molecule has 0 bridgehead atoms. The Bertz CT molecular complexity index is 207. The van der Waals surface area contributed by atoms with Gasteiger partial charge in [0.2, 0.25) is 0 Å². The summed E-state index contributed by atoms with van der Waals surface area (Å²) in [6.45, 7) is 2.27. The van der Waals surface area contributed by atoms with Crippen LogP contribution in [0, 0.1) is 0 Å². The number of hydrogen-bond acceptors (Lipinski definition) is 1. The van der Waals surface area contributed by atoms with Crippen molar-refractivity contribution in [3.63, 3.8) is 0 Å². The predicted octanol–water partition coefficient (Wildman–Crippen LogP) is 6.33. The van der Waals surface area contributed by atoms with Gasteiger partial charge in [0.05, 0.1) is 0 Å². The molecule has 0 fully saturated rings. The second-order valence-corrected chi connectivity index (χ2v) is 6.09. The van der Waals surface area contributed by atoms with Crippen LogP contribution >= 0.6 is 0 Å². The van der Waals surface area contributed by atoms with Crippen LogP contribution in [0.4, 0.5) is 0 Å². The molecule has 0 rings (SSSR count). The molecule has 0 amide bonds. The summed E-state index contributed by atoms with van der Waals surface area (Å²) < 4.78 is 0. The van der Waals surface area contributed by atoms with Gasteiger partial charge in [0, 0.05) is 27.5 Å². The Morgan fingerprint density at radius 3 is 1.19 bits per heavy atom. The molecule has 0 aromatic rings. The summed E-state index contributed by atoms with van der Waals surface area (Å²) in [7, 11) is 0.